The normalized spacial score (nSPS) is 17.3. The Balaban J connectivity index is 0.000000400. The number of alkyl halides is 3. The molecule has 1 fully saturated rings. The monoisotopic (exact) mass is 369 g/mol. The second-order valence-electron chi connectivity index (χ2n) is 5.32. The maximum absolute atomic E-state index is 11.8. The van der Waals surface area contributed by atoms with Crippen molar-refractivity contribution in [1.82, 2.24) is 5.32 Å². The molecule has 0 saturated carbocycles. The van der Waals surface area contributed by atoms with Crippen molar-refractivity contribution in [2.24, 2.45) is 5.92 Å². The van der Waals surface area contributed by atoms with Crippen LogP contribution < -0.4 is 5.32 Å². The molecule has 1 aliphatic heterocycles. The summed E-state index contributed by atoms with van der Waals surface area (Å²) in [7, 11) is -2.74. The van der Waals surface area contributed by atoms with E-state index in [9.17, 15) is 21.6 Å². The van der Waals surface area contributed by atoms with Gasteiger partial charge in [0.25, 0.3) is 0 Å². The highest BCUT2D eigenvalue weighted by atomic mass is 32.2. The number of phenolic OH excluding ortho intramolecular Hbond substituents is 1. The first-order chi connectivity index (χ1) is 11.1. The Morgan fingerprint density at radius 1 is 1.21 bits per heavy atom. The molecule has 1 aromatic carbocycles. The summed E-state index contributed by atoms with van der Waals surface area (Å²) in [6.07, 6.45) is -1.07. The van der Waals surface area contributed by atoms with E-state index in [1.165, 1.54) is 6.26 Å². The predicted octanol–water partition coefficient (Wildman–Crippen LogP) is 3.47. The predicted molar refractivity (Wildman–Crippen MR) is 89.8 cm³/mol. The van der Waals surface area contributed by atoms with E-state index in [-0.39, 0.29) is 5.75 Å². The first kappa shape index (κ1) is 22.7. The molecule has 140 valence electrons. The molecule has 1 aromatic rings. The van der Waals surface area contributed by atoms with Crippen LogP contribution >= 0.6 is 0 Å². The molecule has 0 aromatic heterocycles. The Morgan fingerprint density at radius 2 is 1.75 bits per heavy atom. The van der Waals surface area contributed by atoms with Gasteiger partial charge in [-0.3, -0.25) is 0 Å². The number of hydrogen-bond donors (Lipinski definition) is 2. The van der Waals surface area contributed by atoms with E-state index in [1.54, 1.807) is 0 Å². The molecule has 0 aliphatic carbocycles. The molecule has 1 unspecified atom stereocenters. The molecule has 2 N–H and O–H groups in total. The number of halogens is 3. The lowest BCUT2D eigenvalue weighted by molar-refractivity contribution is -0.137. The second kappa shape index (κ2) is 10.6. The topological polar surface area (TPSA) is 66.4 Å². The minimum absolute atomic E-state index is 0.169. The van der Waals surface area contributed by atoms with E-state index in [2.05, 4.69) is 5.32 Å². The van der Waals surface area contributed by atoms with Crippen LogP contribution in [0.5, 0.6) is 5.75 Å². The molecule has 1 atom stereocenters. The van der Waals surface area contributed by atoms with Gasteiger partial charge < -0.3 is 10.4 Å². The molecule has 8 heteroatoms. The fourth-order valence-corrected chi connectivity index (χ4v) is 2.75. The molecular formula is C16H26F3NO3S. The zero-order valence-corrected chi connectivity index (χ0v) is 15.0. The van der Waals surface area contributed by atoms with E-state index in [0.717, 1.165) is 50.2 Å². The number of phenols is 1. The molecule has 0 bridgehead atoms. The van der Waals surface area contributed by atoms with Crippen molar-refractivity contribution in [1.29, 1.82) is 0 Å². The van der Waals surface area contributed by atoms with Crippen LogP contribution in [-0.4, -0.2) is 38.6 Å². The molecule has 2 rings (SSSR count). The second-order valence-corrected chi connectivity index (χ2v) is 7.58. The van der Waals surface area contributed by atoms with Crippen molar-refractivity contribution >= 4 is 9.84 Å². The standard InChI is InChI=1S/C7H5F3O.C7H15NO2S.C2H6/c8-7(9,10)5-1-3-6(11)4-2-5;1-11(9,10)5-3-7-2-4-8-6-7;1-2/h1-4,11H;7-8H,2-6H2,1H3;1-2H3. The molecule has 1 heterocycles. The lowest BCUT2D eigenvalue weighted by Gasteiger charge is -2.05. The largest absolute Gasteiger partial charge is 0.508 e. The summed E-state index contributed by atoms with van der Waals surface area (Å²) in [6, 6.07) is 3.66. The third kappa shape index (κ3) is 10.5. The summed E-state index contributed by atoms with van der Waals surface area (Å²) in [5, 5.41) is 11.9. The third-order valence-electron chi connectivity index (χ3n) is 3.25. The molecule has 0 spiro atoms. The fraction of sp³-hybridized carbons (Fsp3) is 0.625. The number of rotatable bonds is 3. The lowest BCUT2D eigenvalue weighted by atomic mass is 10.1. The third-order valence-corrected chi connectivity index (χ3v) is 4.23. The molecule has 24 heavy (non-hydrogen) atoms. The Morgan fingerprint density at radius 3 is 2.12 bits per heavy atom. The van der Waals surface area contributed by atoms with Gasteiger partial charge in [0.1, 0.15) is 15.6 Å². The Hall–Kier alpha value is -1.28. The Labute approximate surface area is 142 Å². The highest BCUT2D eigenvalue weighted by molar-refractivity contribution is 7.90. The molecule has 1 saturated heterocycles. The summed E-state index contributed by atoms with van der Waals surface area (Å²) >= 11 is 0. The van der Waals surface area contributed by atoms with E-state index < -0.39 is 21.6 Å². The summed E-state index contributed by atoms with van der Waals surface area (Å²) < 4.78 is 57.0. The summed E-state index contributed by atoms with van der Waals surface area (Å²) in [6.45, 7) is 6.05. The van der Waals surface area contributed by atoms with Crippen molar-refractivity contribution in [3.63, 3.8) is 0 Å². The van der Waals surface area contributed by atoms with Crippen molar-refractivity contribution < 1.29 is 26.7 Å². The number of benzene rings is 1. The van der Waals surface area contributed by atoms with Gasteiger partial charge >= 0.3 is 6.18 Å². The van der Waals surface area contributed by atoms with Crippen LogP contribution in [0.15, 0.2) is 24.3 Å². The first-order valence-electron chi connectivity index (χ1n) is 7.82. The van der Waals surface area contributed by atoms with Gasteiger partial charge in [-0.15, -0.1) is 0 Å². The quantitative estimate of drug-likeness (QED) is 0.856. The van der Waals surface area contributed by atoms with Gasteiger partial charge in [-0.05, 0) is 56.1 Å². The zero-order chi connectivity index (χ0) is 18.8. The summed E-state index contributed by atoms with van der Waals surface area (Å²) in [4.78, 5) is 0. The first-order valence-corrected chi connectivity index (χ1v) is 9.88. The van der Waals surface area contributed by atoms with Crippen LogP contribution in [0.4, 0.5) is 13.2 Å². The average molecular weight is 369 g/mol. The zero-order valence-electron chi connectivity index (χ0n) is 14.2. The van der Waals surface area contributed by atoms with Crippen LogP contribution in [-0.2, 0) is 16.0 Å². The van der Waals surface area contributed by atoms with E-state index in [0.29, 0.717) is 11.7 Å². The molecule has 0 radical (unpaired) electrons. The molecule has 1 aliphatic rings. The molecule has 0 amide bonds. The van der Waals surface area contributed by atoms with E-state index in [4.69, 9.17) is 5.11 Å². The SMILES string of the molecule is CC.CS(=O)(=O)CCC1CCNC1.Oc1ccc(C(F)(F)F)cc1. The van der Waals surface area contributed by atoms with Crippen LogP contribution in [0.25, 0.3) is 0 Å². The molecular weight excluding hydrogens is 343 g/mol. The lowest BCUT2D eigenvalue weighted by Crippen LogP contribution is -2.12. The number of hydrogen-bond acceptors (Lipinski definition) is 4. The van der Waals surface area contributed by atoms with Crippen molar-refractivity contribution in [3.8, 4) is 5.75 Å². The van der Waals surface area contributed by atoms with Crippen LogP contribution in [0.1, 0.15) is 32.3 Å². The minimum Gasteiger partial charge on any atom is -0.508 e. The van der Waals surface area contributed by atoms with Gasteiger partial charge in [0.15, 0.2) is 0 Å². The highest BCUT2D eigenvalue weighted by Crippen LogP contribution is 2.29. The van der Waals surface area contributed by atoms with Crippen molar-refractivity contribution in [2.75, 3.05) is 25.1 Å². The number of aromatic hydroxyl groups is 1. The van der Waals surface area contributed by atoms with Gasteiger partial charge in [0, 0.05) is 6.26 Å². The number of nitrogens with one attached hydrogen (secondary N) is 1. The maximum atomic E-state index is 11.8. The average Bonchev–Trinajstić information content (AvgIpc) is 3.00. The van der Waals surface area contributed by atoms with Crippen LogP contribution in [0.3, 0.4) is 0 Å². The van der Waals surface area contributed by atoms with E-state index >= 15 is 0 Å². The van der Waals surface area contributed by atoms with E-state index in [1.807, 2.05) is 13.8 Å². The maximum Gasteiger partial charge on any atom is 0.416 e. The van der Waals surface area contributed by atoms with Gasteiger partial charge in [0.05, 0.1) is 11.3 Å². The Kier molecular flexibility index (Phi) is 9.99. The smallest absolute Gasteiger partial charge is 0.416 e. The van der Waals surface area contributed by atoms with Gasteiger partial charge in [-0.1, -0.05) is 13.8 Å². The van der Waals surface area contributed by atoms with Crippen molar-refractivity contribution in [3.05, 3.63) is 29.8 Å². The summed E-state index contributed by atoms with van der Waals surface area (Å²) in [5.74, 6) is 0.766. The number of sulfone groups is 1. The fourth-order valence-electron chi connectivity index (χ4n) is 1.99. The van der Waals surface area contributed by atoms with Crippen LogP contribution in [0, 0.1) is 5.92 Å². The summed E-state index contributed by atoms with van der Waals surface area (Å²) in [5.41, 5.74) is -0.754. The Bertz CT molecular complexity index is 551. The highest BCUT2D eigenvalue weighted by Gasteiger charge is 2.29. The van der Waals surface area contributed by atoms with Gasteiger partial charge in [-0.2, -0.15) is 13.2 Å². The van der Waals surface area contributed by atoms with Crippen LogP contribution in [0.2, 0.25) is 0 Å². The van der Waals surface area contributed by atoms with Crippen molar-refractivity contribution in [2.45, 2.75) is 32.9 Å². The van der Waals surface area contributed by atoms with Gasteiger partial charge in [0.2, 0.25) is 0 Å². The minimum atomic E-state index is -4.33. The van der Waals surface area contributed by atoms with Gasteiger partial charge in [-0.25, -0.2) is 8.42 Å². The molecule has 4 nitrogen and oxygen atoms in total.